The predicted octanol–water partition coefficient (Wildman–Crippen LogP) is 2.38. The van der Waals surface area contributed by atoms with Crippen LogP contribution >= 0.6 is 0 Å². The second-order valence-electron chi connectivity index (χ2n) is 5.94. The summed E-state index contributed by atoms with van der Waals surface area (Å²) >= 11 is 0. The van der Waals surface area contributed by atoms with Crippen molar-refractivity contribution in [2.75, 3.05) is 6.54 Å². The third kappa shape index (κ3) is 3.18. The Bertz CT molecular complexity index is 466. The van der Waals surface area contributed by atoms with Crippen LogP contribution in [0.3, 0.4) is 0 Å². The molecule has 1 aromatic rings. The molecule has 110 valence electrons. The third-order valence-corrected chi connectivity index (χ3v) is 4.08. The Morgan fingerprint density at radius 3 is 2.45 bits per heavy atom. The zero-order valence-corrected chi connectivity index (χ0v) is 12.0. The second-order valence-corrected chi connectivity index (χ2v) is 5.94. The lowest BCUT2D eigenvalue weighted by atomic mass is 9.95. The van der Waals surface area contributed by atoms with E-state index in [-0.39, 0.29) is 17.6 Å². The van der Waals surface area contributed by atoms with Crippen LogP contribution in [0, 0.1) is 11.7 Å². The first kappa shape index (κ1) is 15.0. The Morgan fingerprint density at radius 2 is 1.95 bits per heavy atom. The van der Waals surface area contributed by atoms with Crippen LogP contribution < -0.4 is 5.32 Å². The van der Waals surface area contributed by atoms with Crippen LogP contribution in [0.1, 0.15) is 38.7 Å². The summed E-state index contributed by atoms with van der Waals surface area (Å²) in [6.45, 7) is 4.38. The van der Waals surface area contributed by atoms with E-state index >= 15 is 0 Å². The molecule has 1 aliphatic carbocycles. The summed E-state index contributed by atoms with van der Waals surface area (Å²) < 4.78 is 12.9. The minimum absolute atomic E-state index is 0.0138. The van der Waals surface area contributed by atoms with Crippen molar-refractivity contribution in [3.05, 3.63) is 35.6 Å². The van der Waals surface area contributed by atoms with E-state index in [0.29, 0.717) is 13.0 Å². The third-order valence-electron chi connectivity index (χ3n) is 4.08. The zero-order chi connectivity index (χ0) is 14.8. The summed E-state index contributed by atoms with van der Waals surface area (Å²) in [5.74, 6) is -0.107. The van der Waals surface area contributed by atoms with Crippen molar-refractivity contribution < 1.29 is 14.3 Å². The number of amides is 1. The number of hydrogen-bond donors (Lipinski definition) is 2. The lowest BCUT2D eigenvalue weighted by molar-refractivity contribution is -0.123. The lowest BCUT2D eigenvalue weighted by Crippen LogP contribution is -2.36. The average molecular weight is 279 g/mol. The van der Waals surface area contributed by atoms with E-state index in [2.05, 4.69) is 5.32 Å². The van der Waals surface area contributed by atoms with Crippen LogP contribution in [0.4, 0.5) is 4.39 Å². The van der Waals surface area contributed by atoms with Crippen LogP contribution in [0.5, 0.6) is 0 Å². The van der Waals surface area contributed by atoms with E-state index in [1.807, 2.05) is 13.8 Å². The number of rotatable bonds is 6. The van der Waals surface area contributed by atoms with Crippen LogP contribution in [-0.2, 0) is 10.2 Å². The van der Waals surface area contributed by atoms with Gasteiger partial charge in [-0.05, 0) is 42.9 Å². The molecule has 1 amide bonds. The first-order chi connectivity index (χ1) is 9.45. The van der Waals surface area contributed by atoms with Gasteiger partial charge in [-0.3, -0.25) is 4.79 Å². The van der Waals surface area contributed by atoms with Crippen LogP contribution in [0.15, 0.2) is 24.3 Å². The molecule has 1 aliphatic rings. The quantitative estimate of drug-likeness (QED) is 0.840. The Morgan fingerprint density at radius 1 is 1.35 bits per heavy atom. The Balaban J connectivity index is 1.90. The van der Waals surface area contributed by atoms with Gasteiger partial charge in [0, 0.05) is 6.54 Å². The van der Waals surface area contributed by atoms with Gasteiger partial charge in [-0.1, -0.05) is 26.0 Å². The number of aliphatic hydroxyl groups excluding tert-OH is 1. The number of nitrogens with one attached hydrogen (secondary N) is 1. The highest BCUT2D eigenvalue weighted by Crippen LogP contribution is 2.48. The molecule has 0 spiro atoms. The summed E-state index contributed by atoms with van der Waals surface area (Å²) in [6.07, 6.45) is 1.77. The van der Waals surface area contributed by atoms with E-state index in [0.717, 1.165) is 18.4 Å². The molecule has 1 unspecified atom stereocenters. The fourth-order valence-corrected chi connectivity index (χ4v) is 2.38. The van der Waals surface area contributed by atoms with Gasteiger partial charge < -0.3 is 10.4 Å². The number of hydrogen-bond acceptors (Lipinski definition) is 2. The summed E-state index contributed by atoms with van der Waals surface area (Å²) in [4.78, 5) is 12.3. The number of halogens is 1. The second kappa shape index (κ2) is 5.92. The zero-order valence-electron chi connectivity index (χ0n) is 12.0. The summed E-state index contributed by atoms with van der Waals surface area (Å²) in [6, 6.07) is 6.16. The highest BCUT2D eigenvalue weighted by molar-refractivity contribution is 5.91. The molecular weight excluding hydrogens is 257 g/mol. The molecule has 0 radical (unpaired) electrons. The van der Waals surface area contributed by atoms with Crippen molar-refractivity contribution in [1.29, 1.82) is 0 Å². The van der Waals surface area contributed by atoms with Gasteiger partial charge in [-0.15, -0.1) is 0 Å². The largest absolute Gasteiger partial charge is 0.393 e. The molecule has 1 atom stereocenters. The van der Waals surface area contributed by atoms with E-state index in [4.69, 9.17) is 0 Å². The highest BCUT2D eigenvalue weighted by Gasteiger charge is 2.51. The minimum atomic E-state index is -0.476. The number of aliphatic hydroxyl groups is 1. The van der Waals surface area contributed by atoms with Gasteiger partial charge in [0.05, 0.1) is 11.5 Å². The molecule has 0 heterocycles. The van der Waals surface area contributed by atoms with Crippen molar-refractivity contribution in [3.8, 4) is 0 Å². The molecule has 3 nitrogen and oxygen atoms in total. The molecule has 1 saturated carbocycles. The van der Waals surface area contributed by atoms with Gasteiger partial charge in [0.2, 0.25) is 5.91 Å². The van der Waals surface area contributed by atoms with Crippen molar-refractivity contribution in [1.82, 2.24) is 5.32 Å². The maximum atomic E-state index is 12.9. The molecule has 20 heavy (non-hydrogen) atoms. The summed E-state index contributed by atoms with van der Waals surface area (Å²) in [5.41, 5.74) is 0.400. The molecule has 0 bridgehead atoms. The Kier molecular flexibility index (Phi) is 4.43. The number of carbonyl (C=O) groups excluding carboxylic acids is 1. The van der Waals surface area contributed by atoms with Crippen LogP contribution in [0.2, 0.25) is 0 Å². The molecule has 2 rings (SSSR count). The lowest BCUT2D eigenvalue weighted by Gasteiger charge is -2.18. The monoisotopic (exact) mass is 279 g/mol. The van der Waals surface area contributed by atoms with Gasteiger partial charge in [-0.25, -0.2) is 4.39 Å². The highest BCUT2D eigenvalue weighted by atomic mass is 19.1. The fraction of sp³-hybridized carbons (Fsp3) is 0.562. The standard InChI is InChI=1S/C16H22FNO2/c1-11(2)14(19)7-10-18-15(20)16(8-9-16)12-3-5-13(17)6-4-12/h3-6,11,14,19H,7-10H2,1-2H3,(H,18,20). The van der Waals surface area contributed by atoms with Gasteiger partial charge in [-0.2, -0.15) is 0 Å². The Labute approximate surface area is 119 Å². The van der Waals surface area contributed by atoms with Crippen molar-refractivity contribution in [3.63, 3.8) is 0 Å². The van der Waals surface area contributed by atoms with Crippen molar-refractivity contribution >= 4 is 5.91 Å². The maximum absolute atomic E-state index is 12.9. The smallest absolute Gasteiger partial charge is 0.230 e. The van der Waals surface area contributed by atoms with E-state index in [1.54, 1.807) is 12.1 Å². The van der Waals surface area contributed by atoms with E-state index in [1.165, 1.54) is 12.1 Å². The molecule has 0 aliphatic heterocycles. The van der Waals surface area contributed by atoms with Gasteiger partial charge >= 0.3 is 0 Å². The maximum Gasteiger partial charge on any atom is 0.230 e. The number of benzene rings is 1. The Hall–Kier alpha value is -1.42. The normalized spacial score (nSPS) is 17.9. The first-order valence-corrected chi connectivity index (χ1v) is 7.18. The molecule has 4 heteroatoms. The first-order valence-electron chi connectivity index (χ1n) is 7.18. The van der Waals surface area contributed by atoms with Crippen LogP contribution in [-0.4, -0.2) is 23.7 Å². The summed E-state index contributed by atoms with van der Waals surface area (Å²) in [7, 11) is 0. The predicted molar refractivity (Wildman–Crippen MR) is 75.8 cm³/mol. The molecular formula is C16H22FNO2. The number of carbonyl (C=O) groups is 1. The average Bonchev–Trinajstić information content (AvgIpc) is 3.20. The van der Waals surface area contributed by atoms with E-state index < -0.39 is 11.5 Å². The van der Waals surface area contributed by atoms with Gasteiger partial charge in [0.15, 0.2) is 0 Å². The summed E-state index contributed by atoms with van der Waals surface area (Å²) in [5, 5.41) is 12.6. The molecule has 1 aromatic carbocycles. The topological polar surface area (TPSA) is 49.3 Å². The fourth-order valence-electron chi connectivity index (χ4n) is 2.38. The van der Waals surface area contributed by atoms with Gasteiger partial charge in [0.25, 0.3) is 0 Å². The van der Waals surface area contributed by atoms with Crippen molar-refractivity contribution in [2.24, 2.45) is 5.92 Å². The SMILES string of the molecule is CC(C)C(O)CCNC(=O)C1(c2ccc(F)cc2)CC1. The molecule has 0 aromatic heterocycles. The van der Waals surface area contributed by atoms with Crippen molar-refractivity contribution in [2.45, 2.75) is 44.6 Å². The molecule has 0 saturated heterocycles. The van der Waals surface area contributed by atoms with Crippen LogP contribution in [0.25, 0.3) is 0 Å². The molecule has 1 fully saturated rings. The molecule has 2 N–H and O–H groups in total. The minimum Gasteiger partial charge on any atom is -0.393 e. The van der Waals surface area contributed by atoms with E-state index in [9.17, 15) is 14.3 Å². The van der Waals surface area contributed by atoms with Gasteiger partial charge in [0.1, 0.15) is 5.82 Å².